The first-order valence-corrected chi connectivity index (χ1v) is 4.01. The van der Waals surface area contributed by atoms with Gasteiger partial charge in [-0.25, -0.2) is 4.98 Å². The molecular formula is C8H10N3O2. The second-order valence-electron chi connectivity index (χ2n) is 2.50. The van der Waals surface area contributed by atoms with Crippen LogP contribution in [0.5, 0.6) is 5.88 Å². The van der Waals surface area contributed by atoms with Crippen molar-refractivity contribution >= 4 is 5.91 Å². The topological polar surface area (TPSA) is 74.8 Å². The molecule has 5 nitrogen and oxygen atoms in total. The summed E-state index contributed by atoms with van der Waals surface area (Å²) in [7, 11) is 0. The van der Waals surface area contributed by atoms with Gasteiger partial charge in [0.1, 0.15) is 0 Å². The molecule has 69 valence electrons. The Morgan fingerprint density at radius 3 is 2.92 bits per heavy atom. The van der Waals surface area contributed by atoms with Crippen LogP contribution in [0, 0.1) is 0 Å². The Morgan fingerprint density at radius 2 is 2.31 bits per heavy atom. The lowest BCUT2D eigenvalue weighted by Crippen LogP contribution is -2.24. The molecular weight excluding hydrogens is 170 g/mol. The second-order valence-corrected chi connectivity index (χ2v) is 2.50. The first-order chi connectivity index (χ1) is 6.24. The Labute approximate surface area is 75.8 Å². The smallest absolute Gasteiger partial charge is 0.288 e. The summed E-state index contributed by atoms with van der Waals surface area (Å²) in [5.41, 5.74) is 0.0703. The predicted molar refractivity (Wildman–Crippen MR) is 44.8 cm³/mol. The van der Waals surface area contributed by atoms with E-state index in [0.29, 0.717) is 6.54 Å². The van der Waals surface area contributed by atoms with Gasteiger partial charge in [0.2, 0.25) is 0 Å². The van der Waals surface area contributed by atoms with Gasteiger partial charge in [-0.2, -0.15) is 0 Å². The number of nitrogens with one attached hydrogen (secondary N) is 1. The highest BCUT2D eigenvalue weighted by Crippen LogP contribution is 2.02. The lowest BCUT2D eigenvalue weighted by atomic mass is 10.4. The summed E-state index contributed by atoms with van der Waals surface area (Å²) < 4.78 is 0. The van der Waals surface area contributed by atoms with Gasteiger partial charge in [-0.05, 0) is 6.42 Å². The fraction of sp³-hybridized carbons (Fsp3) is 0.375. The first kappa shape index (κ1) is 9.44. The molecule has 1 N–H and O–H groups in total. The van der Waals surface area contributed by atoms with Gasteiger partial charge in [0, 0.05) is 6.54 Å². The normalized spacial score (nSPS) is 9.62. The van der Waals surface area contributed by atoms with E-state index in [4.69, 9.17) is 0 Å². The monoisotopic (exact) mass is 180 g/mol. The molecule has 5 heteroatoms. The van der Waals surface area contributed by atoms with Gasteiger partial charge in [-0.1, -0.05) is 6.92 Å². The van der Waals surface area contributed by atoms with E-state index in [2.05, 4.69) is 15.3 Å². The lowest BCUT2D eigenvalue weighted by molar-refractivity contribution is 0.0946. The lowest BCUT2D eigenvalue weighted by Gasteiger charge is -2.00. The summed E-state index contributed by atoms with van der Waals surface area (Å²) in [6.07, 6.45) is 3.18. The van der Waals surface area contributed by atoms with E-state index in [1.54, 1.807) is 0 Å². The molecule has 0 unspecified atom stereocenters. The maximum absolute atomic E-state index is 11.2. The minimum absolute atomic E-state index is 0.0703. The van der Waals surface area contributed by atoms with Crippen molar-refractivity contribution in [1.29, 1.82) is 0 Å². The van der Waals surface area contributed by atoms with Crippen LogP contribution < -0.4 is 5.32 Å². The zero-order valence-corrected chi connectivity index (χ0v) is 7.28. The van der Waals surface area contributed by atoms with Crippen molar-refractivity contribution in [3.63, 3.8) is 0 Å². The van der Waals surface area contributed by atoms with Gasteiger partial charge >= 0.3 is 0 Å². The van der Waals surface area contributed by atoms with E-state index in [9.17, 15) is 9.90 Å². The number of amides is 1. The molecule has 0 aliphatic heterocycles. The third-order valence-electron chi connectivity index (χ3n) is 1.38. The molecule has 0 atom stereocenters. The van der Waals surface area contributed by atoms with Crippen LogP contribution in [-0.4, -0.2) is 22.4 Å². The average Bonchev–Trinajstić information content (AvgIpc) is 2.14. The van der Waals surface area contributed by atoms with E-state index >= 15 is 0 Å². The Hall–Kier alpha value is -1.65. The molecule has 0 aliphatic carbocycles. The maximum Gasteiger partial charge on any atom is 0.288 e. The number of hydrogen-bond donors (Lipinski definition) is 1. The zero-order valence-electron chi connectivity index (χ0n) is 7.28. The molecule has 0 aromatic carbocycles. The molecule has 13 heavy (non-hydrogen) atoms. The summed E-state index contributed by atoms with van der Waals surface area (Å²) in [5, 5.41) is 13.3. The summed E-state index contributed by atoms with van der Waals surface area (Å²) in [5.74, 6) is -0.851. The van der Waals surface area contributed by atoms with Crippen molar-refractivity contribution in [2.45, 2.75) is 13.3 Å². The van der Waals surface area contributed by atoms with Crippen LogP contribution in [0.15, 0.2) is 12.4 Å². The van der Waals surface area contributed by atoms with Crippen molar-refractivity contribution in [2.24, 2.45) is 0 Å². The quantitative estimate of drug-likeness (QED) is 0.746. The molecule has 0 fully saturated rings. The fourth-order valence-corrected chi connectivity index (χ4v) is 0.787. The van der Waals surface area contributed by atoms with Crippen LogP contribution in [0.25, 0.3) is 0 Å². The molecule has 0 saturated heterocycles. The Morgan fingerprint density at radius 1 is 1.54 bits per heavy atom. The van der Waals surface area contributed by atoms with Crippen molar-refractivity contribution in [3.05, 3.63) is 18.1 Å². The average molecular weight is 180 g/mol. The van der Waals surface area contributed by atoms with E-state index in [0.717, 1.165) is 12.6 Å². The van der Waals surface area contributed by atoms with Gasteiger partial charge in [-0.15, -0.1) is 0 Å². The molecule has 0 bridgehead atoms. The van der Waals surface area contributed by atoms with E-state index in [-0.39, 0.29) is 11.6 Å². The Kier molecular flexibility index (Phi) is 3.19. The summed E-state index contributed by atoms with van der Waals surface area (Å²) in [6.45, 7) is 2.51. The Bertz CT molecular complexity index is 301. The number of carbonyl (C=O) groups is 1. The number of carbonyl (C=O) groups excluding carboxylic acids is 1. The van der Waals surface area contributed by atoms with Crippen LogP contribution in [0.1, 0.15) is 23.8 Å². The third kappa shape index (κ3) is 2.70. The molecule has 1 aromatic rings. The molecule has 1 heterocycles. The third-order valence-corrected chi connectivity index (χ3v) is 1.38. The second kappa shape index (κ2) is 4.39. The van der Waals surface area contributed by atoms with Crippen molar-refractivity contribution in [1.82, 2.24) is 15.3 Å². The molecule has 0 saturated carbocycles. The van der Waals surface area contributed by atoms with E-state index in [1.165, 1.54) is 6.20 Å². The zero-order chi connectivity index (χ0) is 9.68. The van der Waals surface area contributed by atoms with Crippen LogP contribution in [-0.2, 0) is 5.11 Å². The molecule has 0 spiro atoms. The van der Waals surface area contributed by atoms with Crippen molar-refractivity contribution in [2.75, 3.05) is 6.54 Å². The van der Waals surface area contributed by atoms with Gasteiger partial charge in [0.05, 0.1) is 12.4 Å². The SMILES string of the molecule is CCCNC(=O)c1cncc([O])n1. The number of aromatic nitrogens is 2. The first-order valence-electron chi connectivity index (χ1n) is 4.01. The highest BCUT2D eigenvalue weighted by Gasteiger charge is 2.07. The number of rotatable bonds is 3. The van der Waals surface area contributed by atoms with E-state index < -0.39 is 5.88 Å². The molecule has 1 rings (SSSR count). The Balaban J connectivity index is 2.66. The fourth-order valence-electron chi connectivity index (χ4n) is 0.787. The standard InChI is InChI=1S/C8H10N3O2/c1-2-3-10-8(13)6-4-9-5-7(12)11-6/h4-5H,2-3H2,1H3,(H,10,13). The van der Waals surface area contributed by atoms with Crippen molar-refractivity contribution < 1.29 is 9.90 Å². The largest absolute Gasteiger partial charge is 0.351 e. The summed E-state index contributed by atoms with van der Waals surface area (Å²) in [4.78, 5) is 18.3. The minimum Gasteiger partial charge on any atom is -0.351 e. The van der Waals surface area contributed by atoms with E-state index in [1.807, 2.05) is 6.92 Å². The minimum atomic E-state index is -0.496. The summed E-state index contributed by atoms with van der Waals surface area (Å²) in [6, 6.07) is 0. The van der Waals surface area contributed by atoms with Gasteiger partial charge in [-0.3, -0.25) is 14.9 Å². The molecule has 1 aromatic heterocycles. The molecule has 1 amide bonds. The van der Waals surface area contributed by atoms with Gasteiger partial charge < -0.3 is 5.32 Å². The van der Waals surface area contributed by atoms with Crippen LogP contribution in [0.2, 0.25) is 0 Å². The molecule has 1 radical (unpaired) electrons. The summed E-state index contributed by atoms with van der Waals surface area (Å²) >= 11 is 0. The number of hydrogen-bond acceptors (Lipinski definition) is 3. The maximum atomic E-state index is 11.2. The number of nitrogens with zero attached hydrogens (tertiary/aromatic N) is 2. The van der Waals surface area contributed by atoms with Crippen LogP contribution in [0.3, 0.4) is 0 Å². The van der Waals surface area contributed by atoms with Gasteiger partial charge in [0.25, 0.3) is 11.8 Å². The predicted octanol–water partition coefficient (Wildman–Crippen LogP) is 0.760. The highest BCUT2D eigenvalue weighted by atomic mass is 16.3. The van der Waals surface area contributed by atoms with Gasteiger partial charge in [0.15, 0.2) is 5.69 Å². The van der Waals surface area contributed by atoms with Crippen LogP contribution in [0.4, 0.5) is 0 Å². The molecule has 0 aliphatic rings. The highest BCUT2D eigenvalue weighted by molar-refractivity contribution is 5.91. The van der Waals surface area contributed by atoms with Crippen molar-refractivity contribution in [3.8, 4) is 5.88 Å². The van der Waals surface area contributed by atoms with Crippen LogP contribution >= 0.6 is 0 Å².